The highest BCUT2D eigenvalue weighted by Crippen LogP contribution is 2.31. The number of benzene rings is 2. The second-order valence-electron chi connectivity index (χ2n) is 5.95. The first kappa shape index (κ1) is 20.1. The van der Waals surface area contributed by atoms with Crippen molar-refractivity contribution in [3.8, 4) is 17.6 Å². The highest BCUT2D eigenvalue weighted by molar-refractivity contribution is 6.30. The summed E-state index contributed by atoms with van der Waals surface area (Å²) in [4.78, 5) is 10.9. The molecule has 3 rings (SSSR count). The third-order valence-corrected chi connectivity index (χ3v) is 4.27. The maximum atomic E-state index is 10.9. The van der Waals surface area contributed by atoms with Crippen LogP contribution in [0.25, 0.3) is 11.6 Å². The topological polar surface area (TPSA) is 92.7 Å². The fraction of sp³-hybridized carbons (Fsp3) is 0.0909. The fourth-order valence-electron chi connectivity index (χ4n) is 2.59. The predicted molar refractivity (Wildman–Crippen MR) is 108 cm³/mol. The van der Waals surface area contributed by atoms with E-state index in [-0.39, 0.29) is 12.4 Å². The van der Waals surface area contributed by atoms with Crippen LogP contribution in [-0.2, 0) is 6.61 Å². The molecule has 0 bridgehead atoms. The van der Waals surface area contributed by atoms with Gasteiger partial charge < -0.3 is 19.0 Å². The van der Waals surface area contributed by atoms with E-state index in [0.717, 1.165) is 11.1 Å². The van der Waals surface area contributed by atoms with E-state index in [9.17, 15) is 10.1 Å². The minimum Gasteiger partial charge on any atom is -0.493 e. The van der Waals surface area contributed by atoms with Gasteiger partial charge in [0.1, 0.15) is 12.4 Å². The molecule has 0 aliphatic heterocycles. The van der Waals surface area contributed by atoms with Crippen molar-refractivity contribution in [1.29, 1.82) is 5.26 Å². The van der Waals surface area contributed by atoms with Crippen LogP contribution in [0.15, 0.2) is 59.0 Å². The summed E-state index contributed by atoms with van der Waals surface area (Å²) in [7, 11) is 1.51. The standard InChI is InChI=1S/C22H16ClNO5/c1-27-21-11-14(10-16(12-24)15-3-5-17(23)6-4-15)2-8-19(21)28-13-18-7-9-20(29-18)22(25)26/h2-11H,13H2,1H3,(H,25,26). The van der Waals surface area contributed by atoms with Crippen LogP contribution in [-0.4, -0.2) is 18.2 Å². The molecule has 0 fully saturated rings. The zero-order chi connectivity index (χ0) is 20.8. The number of carbonyl (C=O) groups is 1. The normalized spacial score (nSPS) is 11.0. The average Bonchev–Trinajstić information content (AvgIpc) is 3.21. The highest BCUT2D eigenvalue weighted by Gasteiger charge is 2.11. The summed E-state index contributed by atoms with van der Waals surface area (Å²) in [6, 6.07) is 17.3. The van der Waals surface area contributed by atoms with Gasteiger partial charge >= 0.3 is 5.97 Å². The first-order chi connectivity index (χ1) is 14.0. The van der Waals surface area contributed by atoms with E-state index in [1.165, 1.54) is 13.2 Å². The first-order valence-electron chi connectivity index (χ1n) is 8.50. The number of halogens is 1. The molecule has 6 nitrogen and oxygen atoms in total. The van der Waals surface area contributed by atoms with Gasteiger partial charge in [-0.3, -0.25) is 0 Å². The highest BCUT2D eigenvalue weighted by atomic mass is 35.5. The van der Waals surface area contributed by atoms with Gasteiger partial charge in [-0.05, 0) is 53.6 Å². The van der Waals surface area contributed by atoms with Gasteiger partial charge in [-0.25, -0.2) is 4.79 Å². The number of carboxylic acid groups (broad SMARTS) is 1. The van der Waals surface area contributed by atoms with E-state index in [4.69, 9.17) is 30.6 Å². The second-order valence-corrected chi connectivity index (χ2v) is 6.38. The Hall–Kier alpha value is -3.69. The summed E-state index contributed by atoms with van der Waals surface area (Å²) in [6.07, 6.45) is 1.74. The molecule has 0 amide bonds. The SMILES string of the molecule is COc1cc(C=C(C#N)c2ccc(Cl)cc2)ccc1OCc1ccc(C(=O)O)o1. The lowest BCUT2D eigenvalue weighted by atomic mass is 10.0. The third-order valence-electron chi connectivity index (χ3n) is 4.02. The zero-order valence-corrected chi connectivity index (χ0v) is 16.1. The van der Waals surface area contributed by atoms with Crippen LogP contribution < -0.4 is 9.47 Å². The number of methoxy groups -OCH3 is 1. The fourth-order valence-corrected chi connectivity index (χ4v) is 2.71. The molecule has 29 heavy (non-hydrogen) atoms. The minimum absolute atomic E-state index is 0.0487. The summed E-state index contributed by atoms with van der Waals surface area (Å²) in [5.41, 5.74) is 1.99. The molecule has 1 aromatic heterocycles. The van der Waals surface area contributed by atoms with Crippen LogP contribution in [0.5, 0.6) is 11.5 Å². The zero-order valence-electron chi connectivity index (χ0n) is 15.4. The van der Waals surface area contributed by atoms with Crippen LogP contribution in [0.2, 0.25) is 5.02 Å². The Morgan fingerprint density at radius 1 is 1.17 bits per heavy atom. The molecule has 0 saturated heterocycles. The number of allylic oxidation sites excluding steroid dienone is 1. The maximum Gasteiger partial charge on any atom is 0.371 e. The first-order valence-corrected chi connectivity index (χ1v) is 8.88. The summed E-state index contributed by atoms with van der Waals surface area (Å²) in [6.45, 7) is 0.0487. The van der Waals surface area contributed by atoms with Gasteiger partial charge in [0.15, 0.2) is 11.5 Å². The smallest absolute Gasteiger partial charge is 0.371 e. The number of rotatable bonds is 7. The summed E-state index contributed by atoms with van der Waals surface area (Å²) >= 11 is 5.90. The molecular weight excluding hydrogens is 394 g/mol. The number of hydrogen-bond donors (Lipinski definition) is 1. The average molecular weight is 410 g/mol. The van der Waals surface area contributed by atoms with Crippen LogP contribution in [0.1, 0.15) is 27.4 Å². The van der Waals surface area contributed by atoms with Crippen LogP contribution >= 0.6 is 11.6 Å². The molecule has 0 radical (unpaired) electrons. The van der Waals surface area contributed by atoms with Crippen molar-refractivity contribution in [3.05, 3.63) is 82.3 Å². The number of carboxylic acids is 1. The van der Waals surface area contributed by atoms with Crippen LogP contribution in [0.4, 0.5) is 0 Å². The van der Waals surface area contributed by atoms with Gasteiger partial charge in [0.2, 0.25) is 5.76 Å². The number of hydrogen-bond acceptors (Lipinski definition) is 5. The van der Waals surface area contributed by atoms with E-state index in [2.05, 4.69) is 6.07 Å². The Labute approximate surface area is 172 Å². The van der Waals surface area contributed by atoms with Gasteiger partial charge in [-0.2, -0.15) is 5.26 Å². The third kappa shape index (κ3) is 4.98. The van der Waals surface area contributed by atoms with Gasteiger partial charge in [-0.1, -0.05) is 29.8 Å². The van der Waals surface area contributed by atoms with E-state index in [0.29, 0.717) is 27.9 Å². The van der Waals surface area contributed by atoms with Crippen molar-refractivity contribution in [2.24, 2.45) is 0 Å². The number of furan rings is 1. The minimum atomic E-state index is -1.14. The van der Waals surface area contributed by atoms with E-state index in [1.54, 1.807) is 54.6 Å². The number of ether oxygens (including phenoxy) is 2. The lowest BCUT2D eigenvalue weighted by Gasteiger charge is -2.10. The quantitative estimate of drug-likeness (QED) is 0.421. The predicted octanol–water partition coefficient (Wildman–Crippen LogP) is 5.28. The van der Waals surface area contributed by atoms with Crippen LogP contribution in [0, 0.1) is 11.3 Å². The Bertz CT molecular complexity index is 1090. The van der Waals surface area contributed by atoms with Gasteiger partial charge in [0.25, 0.3) is 0 Å². The van der Waals surface area contributed by atoms with Gasteiger partial charge in [0, 0.05) is 5.02 Å². The molecule has 0 aliphatic rings. The van der Waals surface area contributed by atoms with Crippen molar-refractivity contribution in [1.82, 2.24) is 0 Å². The van der Waals surface area contributed by atoms with E-state index < -0.39 is 5.97 Å². The van der Waals surface area contributed by atoms with Crippen LogP contribution in [0.3, 0.4) is 0 Å². The number of aromatic carboxylic acids is 1. The maximum absolute atomic E-state index is 10.9. The van der Waals surface area contributed by atoms with Crippen molar-refractivity contribution in [3.63, 3.8) is 0 Å². The molecular formula is C22H16ClNO5. The molecule has 1 heterocycles. The summed E-state index contributed by atoms with van der Waals surface area (Å²) in [5, 5.41) is 19.0. The Morgan fingerprint density at radius 3 is 2.55 bits per heavy atom. The van der Waals surface area contributed by atoms with Crippen molar-refractivity contribution >= 4 is 29.2 Å². The van der Waals surface area contributed by atoms with Gasteiger partial charge in [-0.15, -0.1) is 0 Å². The molecule has 1 N–H and O–H groups in total. The lowest BCUT2D eigenvalue weighted by Crippen LogP contribution is -1.97. The molecule has 146 valence electrons. The Balaban J connectivity index is 1.79. The summed E-state index contributed by atoms with van der Waals surface area (Å²) < 4.78 is 16.2. The molecule has 3 aromatic rings. The molecule has 0 saturated carbocycles. The van der Waals surface area contributed by atoms with E-state index in [1.807, 2.05) is 0 Å². The van der Waals surface area contributed by atoms with E-state index >= 15 is 0 Å². The monoisotopic (exact) mass is 409 g/mol. The largest absolute Gasteiger partial charge is 0.493 e. The number of nitriles is 1. The second kappa shape index (κ2) is 9.00. The molecule has 2 aromatic carbocycles. The number of nitrogens with zero attached hydrogens (tertiary/aromatic N) is 1. The lowest BCUT2D eigenvalue weighted by molar-refractivity contribution is 0.0658. The summed E-state index contributed by atoms with van der Waals surface area (Å²) in [5.74, 6) is 0.0178. The van der Waals surface area contributed by atoms with Crippen molar-refractivity contribution in [2.75, 3.05) is 7.11 Å². The van der Waals surface area contributed by atoms with Gasteiger partial charge in [0.05, 0.1) is 18.8 Å². The van der Waals surface area contributed by atoms with Crippen molar-refractivity contribution < 1.29 is 23.8 Å². The Morgan fingerprint density at radius 2 is 1.93 bits per heavy atom. The Kier molecular flexibility index (Phi) is 6.22. The molecule has 0 unspecified atom stereocenters. The molecule has 7 heteroatoms. The molecule has 0 atom stereocenters. The molecule has 0 spiro atoms. The molecule has 0 aliphatic carbocycles. The van der Waals surface area contributed by atoms with Crippen molar-refractivity contribution in [2.45, 2.75) is 6.61 Å².